The van der Waals surface area contributed by atoms with Gasteiger partial charge in [0.15, 0.2) is 0 Å². The van der Waals surface area contributed by atoms with Crippen LogP contribution < -0.4 is 15.4 Å². The van der Waals surface area contributed by atoms with Gasteiger partial charge in [-0.2, -0.15) is 4.98 Å². The van der Waals surface area contributed by atoms with E-state index in [1.54, 1.807) is 7.11 Å². The first-order valence-electron chi connectivity index (χ1n) is 6.74. The van der Waals surface area contributed by atoms with Gasteiger partial charge in [-0.3, -0.25) is 0 Å². The van der Waals surface area contributed by atoms with Gasteiger partial charge in [0.05, 0.1) is 12.8 Å². The van der Waals surface area contributed by atoms with Gasteiger partial charge in [-0.25, -0.2) is 4.98 Å². The fraction of sp³-hybridized carbons (Fsp3) is 0.333. The molecule has 2 heterocycles. The van der Waals surface area contributed by atoms with Crippen LogP contribution in [0.5, 0.6) is 5.88 Å². The number of benzene rings is 1. The first-order chi connectivity index (χ1) is 9.76. The van der Waals surface area contributed by atoms with Gasteiger partial charge >= 0.3 is 0 Å². The number of anilines is 2. The lowest BCUT2D eigenvalue weighted by Crippen LogP contribution is -2.26. The van der Waals surface area contributed by atoms with Crippen LogP contribution in [0.3, 0.4) is 0 Å². The van der Waals surface area contributed by atoms with Crippen LogP contribution in [0.25, 0.3) is 0 Å². The van der Waals surface area contributed by atoms with Crippen LogP contribution in [0, 0.1) is 6.92 Å². The molecule has 0 atom stereocenters. The van der Waals surface area contributed by atoms with Gasteiger partial charge in [0.2, 0.25) is 11.8 Å². The molecule has 0 saturated heterocycles. The van der Waals surface area contributed by atoms with Gasteiger partial charge in [0.25, 0.3) is 0 Å². The number of hydrogen-bond donors (Lipinski definition) is 2. The lowest BCUT2D eigenvalue weighted by molar-refractivity contribution is 0.387. The summed E-state index contributed by atoms with van der Waals surface area (Å²) in [4.78, 5) is 9.02. The van der Waals surface area contributed by atoms with E-state index in [1.807, 2.05) is 12.1 Å². The molecule has 0 fully saturated rings. The summed E-state index contributed by atoms with van der Waals surface area (Å²) in [7, 11) is 1.65. The van der Waals surface area contributed by atoms with Crippen LogP contribution >= 0.6 is 0 Å². The molecule has 0 bridgehead atoms. The molecule has 1 aliphatic heterocycles. The van der Waals surface area contributed by atoms with Gasteiger partial charge in [-0.1, -0.05) is 17.7 Å². The highest BCUT2D eigenvalue weighted by molar-refractivity contribution is 5.55. The predicted molar refractivity (Wildman–Crippen MR) is 78.5 cm³/mol. The van der Waals surface area contributed by atoms with E-state index in [1.165, 1.54) is 5.56 Å². The average Bonchev–Trinajstić information content (AvgIpc) is 2.49. The fourth-order valence-electron chi connectivity index (χ4n) is 2.32. The fourth-order valence-corrected chi connectivity index (χ4v) is 2.32. The predicted octanol–water partition coefficient (Wildman–Crippen LogP) is 2.18. The number of fused-ring (bicyclic) bond motifs is 1. The summed E-state index contributed by atoms with van der Waals surface area (Å²) in [6, 6.07) is 8.14. The minimum Gasteiger partial charge on any atom is -0.481 e. The van der Waals surface area contributed by atoms with Crippen molar-refractivity contribution in [2.75, 3.05) is 19.0 Å². The molecule has 104 valence electrons. The van der Waals surface area contributed by atoms with Crippen molar-refractivity contribution < 1.29 is 4.74 Å². The van der Waals surface area contributed by atoms with Crippen molar-refractivity contribution in [2.24, 2.45) is 0 Å². The second kappa shape index (κ2) is 5.46. The number of aryl methyl sites for hydroxylation is 1. The largest absolute Gasteiger partial charge is 0.481 e. The molecular formula is C15H18N4O. The molecule has 2 N–H and O–H groups in total. The quantitative estimate of drug-likeness (QED) is 0.895. The van der Waals surface area contributed by atoms with Gasteiger partial charge in [-0.05, 0) is 32.0 Å². The summed E-state index contributed by atoms with van der Waals surface area (Å²) >= 11 is 0. The maximum Gasteiger partial charge on any atom is 0.230 e. The Kier molecular flexibility index (Phi) is 3.52. The number of ether oxygens (including phenoxy) is 1. The van der Waals surface area contributed by atoms with E-state index in [4.69, 9.17) is 4.74 Å². The Hall–Kier alpha value is -2.14. The molecule has 0 amide bonds. The first-order valence-corrected chi connectivity index (χ1v) is 6.74. The molecule has 0 aliphatic carbocycles. The molecular weight excluding hydrogens is 252 g/mol. The van der Waals surface area contributed by atoms with Crippen LogP contribution in [0.2, 0.25) is 0 Å². The maximum absolute atomic E-state index is 5.39. The van der Waals surface area contributed by atoms with Crippen molar-refractivity contribution in [1.29, 1.82) is 0 Å². The third kappa shape index (κ3) is 2.58. The molecule has 5 heteroatoms. The minimum atomic E-state index is 0.577. The molecule has 1 aromatic carbocycles. The van der Waals surface area contributed by atoms with Crippen molar-refractivity contribution in [2.45, 2.75) is 19.9 Å². The summed E-state index contributed by atoms with van der Waals surface area (Å²) in [6.07, 6.45) is 0.906. The number of nitrogens with one attached hydrogen (secondary N) is 2. The molecule has 0 saturated carbocycles. The highest BCUT2D eigenvalue weighted by Gasteiger charge is 2.18. The second-order valence-corrected chi connectivity index (χ2v) is 4.90. The lowest BCUT2D eigenvalue weighted by atomic mass is 10.1. The van der Waals surface area contributed by atoms with Crippen LogP contribution in [0.15, 0.2) is 24.3 Å². The first kappa shape index (κ1) is 12.9. The van der Waals surface area contributed by atoms with E-state index in [0.29, 0.717) is 11.8 Å². The summed E-state index contributed by atoms with van der Waals surface area (Å²) in [6.45, 7) is 3.77. The number of hydrogen-bond acceptors (Lipinski definition) is 5. The topological polar surface area (TPSA) is 59.1 Å². The Balaban J connectivity index is 1.91. The normalized spacial score (nSPS) is 13.7. The summed E-state index contributed by atoms with van der Waals surface area (Å²) in [5.41, 5.74) is 4.32. The van der Waals surface area contributed by atoms with E-state index in [9.17, 15) is 0 Å². The SMILES string of the molecule is COc1nc(Nc2ccc(C)cc2)nc2c1CCNC2. The number of methoxy groups -OCH3 is 1. The van der Waals surface area contributed by atoms with Crippen molar-refractivity contribution >= 4 is 11.6 Å². The molecule has 0 spiro atoms. The molecule has 1 aromatic heterocycles. The second-order valence-electron chi connectivity index (χ2n) is 4.90. The van der Waals surface area contributed by atoms with Crippen LogP contribution in [-0.2, 0) is 13.0 Å². The number of aromatic nitrogens is 2. The minimum absolute atomic E-state index is 0.577. The van der Waals surface area contributed by atoms with Crippen molar-refractivity contribution in [1.82, 2.24) is 15.3 Å². The lowest BCUT2D eigenvalue weighted by Gasteiger charge is -2.19. The maximum atomic E-state index is 5.39. The van der Waals surface area contributed by atoms with E-state index >= 15 is 0 Å². The van der Waals surface area contributed by atoms with Crippen molar-refractivity contribution in [3.63, 3.8) is 0 Å². The highest BCUT2D eigenvalue weighted by atomic mass is 16.5. The van der Waals surface area contributed by atoms with E-state index < -0.39 is 0 Å². The molecule has 2 aromatic rings. The van der Waals surface area contributed by atoms with Crippen molar-refractivity contribution in [3.8, 4) is 5.88 Å². The monoisotopic (exact) mass is 270 g/mol. The Labute approximate surface area is 118 Å². The Morgan fingerprint density at radius 3 is 2.75 bits per heavy atom. The summed E-state index contributed by atoms with van der Waals surface area (Å²) in [5.74, 6) is 1.25. The molecule has 5 nitrogen and oxygen atoms in total. The van der Waals surface area contributed by atoms with Crippen molar-refractivity contribution in [3.05, 3.63) is 41.1 Å². The van der Waals surface area contributed by atoms with Crippen LogP contribution in [0.4, 0.5) is 11.6 Å². The average molecular weight is 270 g/mol. The Morgan fingerprint density at radius 1 is 1.20 bits per heavy atom. The number of rotatable bonds is 3. The highest BCUT2D eigenvalue weighted by Crippen LogP contribution is 2.25. The Bertz CT molecular complexity index is 593. The molecule has 1 aliphatic rings. The molecule has 20 heavy (non-hydrogen) atoms. The van der Waals surface area contributed by atoms with Gasteiger partial charge in [0.1, 0.15) is 0 Å². The Morgan fingerprint density at radius 2 is 2.00 bits per heavy atom. The molecule has 3 rings (SSSR count). The standard InChI is InChI=1S/C15H18N4O/c1-10-3-5-11(6-4-10)17-15-18-13-9-16-8-7-12(13)14(19-15)20-2/h3-6,16H,7-9H2,1-2H3,(H,17,18,19). The van der Waals surface area contributed by atoms with Gasteiger partial charge in [0, 0.05) is 17.8 Å². The van der Waals surface area contributed by atoms with Gasteiger partial charge < -0.3 is 15.4 Å². The molecule has 0 radical (unpaired) electrons. The van der Waals surface area contributed by atoms with Crippen LogP contribution in [-0.4, -0.2) is 23.6 Å². The third-order valence-corrected chi connectivity index (χ3v) is 3.40. The molecule has 0 unspecified atom stereocenters. The smallest absolute Gasteiger partial charge is 0.230 e. The summed E-state index contributed by atoms with van der Waals surface area (Å²) < 4.78 is 5.39. The van der Waals surface area contributed by atoms with Gasteiger partial charge in [-0.15, -0.1) is 0 Å². The number of nitrogens with zero attached hydrogens (tertiary/aromatic N) is 2. The van der Waals surface area contributed by atoms with E-state index in [-0.39, 0.29) is 0 Å². The summed E-state index contributed by atoms with van der Waals surface area (Å²) in [5, 5.41) is 6.54. The van der Waals surface area contributed by atoms with E-state index in [2.05, 4.69) is 39.7 Å². The van der Waals surface area contributed by atoms with E-state index in [0.717, 1.165) is 36.5 Å². The zero-order chi connectivity index (χ0) is 13.9. The third-order valence-electron chi connectivity index (χ3n) is 3.40. The zero-order valence-corrected chi connectivity index (χ0v) is 11.7. The zero-order valence-electron chi connectivity index (χ0n) is 11.7. The van der Waals surface area contributed by atoms with Crippen LogP contribution in [0.1, 0.15) is 16.8 Å².